The first-order chi connectivity index (χ1) is 9.24. The van der Waals surface area contributed by atoms with E-state index in [-0.39, 0.29) is 12.2 Å². The molecule has 4 heteroatoms. The minimum Gasteiger partial charge on any atom is -0.467 e. The summed E-state index contributed by atoms with van der Waals surface area (Å²) in [5.41, 5.74) is 2.00. The molecule has 0 bridgehead atoms. The van der Waals surface area contributed by atoms with Crippen LogP contribution in [0.1, 0.15) is 51.0 Å². The summed E-state index contributed by atoms with van der Waals surface area (Å²) in [6.07, 6.45) is 8.36. The average Bonchev–Trinajstić information content (AvgIpc) is 2.89. The fraction of sp³-hybridized carbons (Fsp3) is 0.600. The van der Waals surface area contributed by atoms with Gasteiger partial charge in [0.2, 0.25) is 0 Å². The normalized spacial score (nSPS) is 22.2. The first kappa shape index (κ1) is 15.6. The van der Waals surface area contributed by atoms with Crippen LogP contribution in [0.5, 0.6) is 6.01 Å². The van der Waals surface area contributed by atoms with E-state index in [1.54, 1.807) is 7.11 Å². The van der Waals surface area contributed by atoms with E-state index in [0.29, 0.717) is 6.01 Å². The van der Waals surface area contributed by atoms with E-state index in [4.69, 9.17) is 9.47 Å². The Morgan fingerprint density at radius 3 is 2.68 bits per heavy atom. The van der Waals surface area contributed by atoms with E-state index >= 15 is 0 Å². The van der Waals surface area contributed by atoms with E-state index < -0.39 is 0 Å². The van der Waals surface area contributed by atoms with Gasteiger partial charge in [-0.2, -0.15) is 0 Å². The van der Waals surface area contributed by atoms with Gasteiger partial charge >= 0.3 is 6.01 Å². The van der Waals surface area contributed by atoms with Crippen LogP contribution in [-0.2, 0) is 4.74 Å². The number of aryl methyl sites for hydroxylation is 1. The molecule has 2 rings (SSSR count). The number of hydrogen-bond acceptors (Lipinski definition) is 4. The van der Waals surface area contributed by atoms with Crippen molar-refractivity contribution in [1.29, 1.82) is 0 Å². The molecule has 1 aliphatic heterocycles. The highest BCUT2D eigenvalue weighted by Gasteiger charge is 2.26. The van der Waals surface area contributed by atoms with Crippen molar-refractivity contribution in [3.8, 4) is 6.01 Å². The Morgan fingerprint density at radius 1 is 1.37 bits per heavy atom. The molecule has 0 radical (unpaired) electrons. The van der Waals surface area contributed by atoms with Crippen LogP contribution in [0.3, 0.4) is 0 Å². The van der Waals surface area contributed by atoms with Crippen LogP contribution < -0.4 is 4.74 Å². The summed E-state index contributed by atoms with van der Waals surface area (Å²) in [6, 6.07) is 0.411. The molecule has 4 nitrogen and oxygen atoms in total. The first-order valence-corrected chi connectivity index (χ1v) is 6.90. The topological polar surface area (TPSA) is 44.2 Å². The number of methoxy groups -OCH3 is 1. The van der Waals surface area contributed by atoms with Crippen LogP contribution >= 0.6 is 0 Å². The van der Waals surface area contributed by atoms with Crippen molar-refractivity contribution >= 4 is 0 Å². The van der Waals surface area contributed by atoms with E-state index in [1.165, 1.54) is 0 Å². The lowest BCUT2D eigenvalue weighted by molar-refractivity contribution is 0.0700. The predicted octanol–water partition coefficient (Wildman–Crippen LogP) is 3.62. The lowest BCUT2D eigenvalue weighted by atomic mass is 10.1. The van der Waals surface area contributed by atoms with Crippen LogP contribution in [0, 0.1) is 6.92 Å². The van der Waals surface area contributed by atoms with Crippen molar-refractivity contribution in [2.45, 2.75) is 52.7 Å². The summed E-state index contributed by atoms with van der Waals surface area (Å²) >= 11 is 0. The summed E-state index contributed by atoms with van der Waals surface area (Å²) in [4.78, 5) is 8.42. The summed E-state index contributed by atoms with van der Waals surface area (Å²) in [5, 5.41) is 0. The molecule has 0 N–H and O–H groups in total. The van der Waals surface area contributed by atoms with Gasteiger partial charge in [0.05, 0.1) is 25.0 Å². The second kappa shape index (κ2) is 7.89. The largest absolute Gasteiger partial charge is 0.467 e. The summed E-state index contributed by atoms with van der Waals surface area (Å²) < 4.78 is 10.9. The van der Waals surface area contributed by atoms with E-state index in [2.05, 4.69) is 16.0 Å². The second-order valence-electron chi connectivity index (χ2n) is 4.16. The Hall–Kier alpha value is -1.42. The van der Waals surface area contributed by atoms with Crippen molar-refractivity contribution in [3.63, 3.8) is 0 Å². The van der Waals surface area contributed by atoms with Gasteiger partial charge in [-0.3, -0.25) is 0 Å². The SMILES string of the molecule is C/C=C\C1CCC(c2cnc(OC)nc2C)O1.CC. The van der Waals surface area contributed by atoms with Crippen molar-refractivity contribution in [2.24, 2.45) is 0 Å². The average molecular weight is 264 g/mol. The molecule has 0 amide bonds. The fourth-order valence-electron chi connectivity index (χ4n) is 2.12. The quantitative estimate of drug-likeness (QED) is 0.782. The van der Waals surface area contributed by atoms with Gasteiger partial charge < -0.3 is 9.47 Å². The molecular formula is C15H24N2O2. The van der Waals surface area contributed by atoms with Crippen LogP contribution in [0.25, 0.3) is 0 Å². The number of aromatic nitrogens is 2. The van der Waals surface area contributed by atoms with E-state index in [9.17, 15) is 0 Å². The minimum atomic E-state index is 0.113. The summed E-state index contributed by atoms with van der Waals surface area (Å²) in [7, 11) is 1.57. The maximum atomic E-state index is 5.93. The molecule has 0 saturated carbocycles. The Bertz CT molecular complexity index is 419. The molecule has 2 atom stereocenters. The Balaban J connectivity index is 0.000000861. The molecule has 0 aliphatic carbocycles. The number of ether oxygens (including phenoxy) is 2. The standard InChI is InChI=1S/C13H18N2O2.C2H6/c1-4-5-10-6-7-12(17-10)11-8-14-13(16-3)15-9(11)2;1-2/h4-5,8,10,12H,6-7H2,1-3H3;1-2H3/b5-4-;. The monoisotopic (exact) mass is 264 g/mol. The fourth-order valence-corrected chi connectivity index (χ4v) is 2.12. The molecular weight excluding hydrogens is 240 g/mol. The molecule has 19 heavy (non-hydrogen) atoms. The van der Waals surface area contributed by atoms with Crippen molar-refractivity contribution in [1.82, 2.24) is 9.97 Å². The molecule has 1 aliphatic rings. The number of nitrogens with zero attached hydrogens (tertiary/aromatic N) is 2. The van der Waals surface area contributed by atoms with Crippen LogP contribution in [0.2, 0.25) is 0 Å². The molecule has 0 aromatic carbocycles. The molecule has 106 valence electrons. The highest BCUT2D eigenvalue weighted by Crippen LogP contribution is 2.34. The Labute approximate surface area is 115 Å². The maximum absolute atomic E-state index is 5.93. The lowest BCUT2D eigenvalue weighted by Crippen LogP contribution is -2.06. The molecule has 0 spiro atoms. The van der Waals surface area contributed by atoms with E-state index in [0.717, 1.165) is 24.1 Å². The zero-order chi connectivity index (χ0) is 14.3. The molecule has 2 unspecified atom stereocenters. The number of hydrogen-bond donors (Lipinski definition) is 0. The third-order valence-corrected chi connectivity index (χ3v) is 2.98. The van der Waals surface area contributed by atoms with Crippen LogP contribution in [0.15, 0.2) is 18.3 Å². The zero-order valence-electron chi connectivity index (χ0n) is 12.5. The molecule has 1 aromatic heterocycles. The van der Waals surface area contributed by atoms with Gasteiger partial charge in [0, 0.05) is 11.8 Å². The van der Waals surface area contributed by atoms with Gasteiger partial charge in [-0.25, -0.2) is 9.97 Å². The number of rotatable bonds is 3. The number of allylic oxidation sites excluding steroid dienone is 1. The Kier molecular flexibility index (Phi) is 6.50. The third kappa shape index (κ3) is 4.03. The summed E-state index contributed by atoms with van der Waals surface area (Å²) in [6.45, 7) is 7.98. The summed E-state index contributed by atoms with van der Waals surface area (Å²) in [5.74, 6) is 0. The lowest BCUT2D eigenvalue weighted by Gasteiger charge is -2.13. The van der Waals surface area contributed by atoms with E-state index in [1.807, 2.05) is 40.0 Å². The predicted molar refractivity (Wildman–Crippen MR) is 76.3 cm³/mol. The maximum Gasteiger partial charge on any atom is 0.316 e. The van der Waals surface area contributed by atoms with Crippen molar-refractivity contribution in [3.05, 3.63) is 29.6 Å². The third-order valence-electron chi connectivity index (χ3n) is 2.98. The Morgan fingerprint density at radius 2 is 2.11 bits per heavy atom. The minimum absolute atomic E-state index is 0.113. The molecule has 1 saturated heterocycles. The smallest absolute Gasteiger partial charge is 0.316 e. The highest BCUT2D eigenvalue weighted by atomic mass is 16.5. The molecule has 1 fully saturated rings. The molecule has 1 aromatic rings. The van der Waals surface area contributed by atoms with Crippen LogP contribution in [0.4, 0.5) is 0 Å². The van der Waals surface area contributed by atoms with Gasteiger partial charge in [-0.05, 0) is 26.7 Å². The molecule has 2 heterocycles. The van der Waals surface area contributed by atoms with Gasteiger partial charge in [0.15, 0.2) is 0 Å². The first-order valence-electron chi connectivity index (χ1n) is 6.90. The zero-order valence-corrected chi connectivity index (χ0v) is 12.5. The van der Waals surface area contributed by atoms with Gasteiger partial charge in [-0.15, -0.1) is 0 Å². The van der Waals surface area contributed by atoms with Gasteiger partial charge in [-0.1, -0.05) is 26.0 Å². The second-order valence-corrected chi connectivity index (χ2v) is 4.16. The van der Waals surface area contributed by atoms with Crippen LogP contribution in [-0.4, -0.2) is 23.2 Å². The van der Waals surface area contributed by atoms with Gasteiger partial charge in [0.25, 0.3) is 0 Å². The highest BCUT2D eigenvalue weighted by molar-refractivity contribution is 5.21. The van der Waals surface area contributed by atoms with Gasteiger partial charge in [0.1, 0.15) is 0 Å². The van der Waals surface area contributed by atoms with Crippen molar-refractivity contribution in [2.75, 3.05) is 7.11 Å². The van der Waals surface area contributed by atoms with Crippen molar-refractivity contribution < 1.29 is 9.47 Å².